The zero-order chi connectivity index (χ0) is 15.3. The first-order chi connectivity index (χ1) is 9.39. The first-order valence-electron chi connectivity index (χ1n) is 6.64. The molecular weight excluding hydrogens is 278 g/mol. The molecule has 0 amide bonds. The maximum absolute atomic E-state index is 12.4. The molecule has 20 heavy (non-hydrogen) atoms. The van der Waals surface area contributed by atoms with Crippen LogP contribution in [0.1, 0.15) is 32.3 Å². The van der Waals surface area contributed by atoms with Gasteiger partial charge in [-0.2, -0.15) is 0 Å². The Morgan fingerprint density at radius 3 is 2.05 bits per heavy atom. The lowest BCUT2D eigenvalue weighted by Gasteiger charge is -2.17. The summed E-state index contributed by atoms with van der Waals surface area (Å²) in [5.41, 5.74) is 0.626. The van der Waals surface area contributed by atoms with Gasteiger partial charge in [0.05, 0.1) is 19.1 Å². The lowest BCUT2D eigenvalue weighted by molar-refractivity contribution is 0.353. The standard InChI is InChI=1S/C14H23NO4S/c1-6-11(7-2)15-20(16,17)14-9-13(19-5)12(18-4)8-10(14)3/h8-9,11,15H,6-7H2,1-5H3. The highest BCUT2D eigenvalue weighted by molar-refractivity contribution is 7.89. The summed E-state index contributed by atoms with van der Waals surface area (Å²) in [5.74, 6) is 0.925. The van der Waals surface area contributed by atoms with Crippen molar-refractivity contribution in [3.05, 3.63) is 17.7 Å². The van der Waals surface area contributed by atoms with E-state index >= 15 is 0 Å². The van der Waals surface area contributed by atoms with Crippen molar-refractivity contribution >= 4 is 10.0 Å². The van der Waals surface area contributed by atoms with E-state index in [1.807, 2.05) is 13.8 Å². The lowest BCUT2D eigenvalue weighted by atomic mass is 10.2. The lowest BCUT2D eigenvalue weighted by Crippen LogP contribution is -2.34. The maximum atomic E-state index is 12.4. The van der Waals surface area contributed by atoms with Crippen LogP contribution in [-0.2, 0) is 10.0 Å². The number of ether oxygens (including phenoxy) is 2. The van der Waals surface area contributed by atoms with Crippen LogP contribution in [0.2, 0.25) is 0 Å². The molecule has 0 spiro atoms. The van der Waals surface area contributed by atoms with Crippen molar-refractivity contribution in [2.45, 2.75) is 44.6 Å². The van der Waals surface area contributed by atoms with Crippen molar-refractivity contribution in [3.63, 3.8) is 0 Å². The number of rotatable bonds is 7. The molecule has 0 saturated carbocycles. The summed E-state index contributed by atoms with van der Waals surface area (Å²) >= 11 is 0. The molecular formula is C14H23NO4S. The number of sulfonamides is 1. The normalized spacial score (nSPS) is 11.7. The fraction of sp³-hybridized carbons (Fsp3) is 0.571. The van der Waals surface area contributed by atoms with E-state index in [2.05, 4.69) is 4.72 Å². The predicted octanol–water partition coefficient (Wildman–Crippen LogP) is 2.48. The zero-order valence-electron chi connectivity index (χ0n) is 12.7. The summed E-state index contributed by atoms with van der Waals surface area (Å²) in [4.78, 5) is 0.224. The van der Waals surface area contributed by atoms with Gasteiger partial charge in [0.15, 0.2) is 11.5 Å². The minimum atomic E-state index is -3.56. The van der Waals surface area contributed by atoms with Crippen LogP contribution in [0.3, 0.4) is 0 Å². The van der Waals surface area contributed by atoms with Crippen molar-refractivity contribution in [2.24, 2.45) is 0 Å². The largest absolute Gasteiger partial charge is 0.493 e. The van der Waals surface area contributed by atoms with E-state index in [0.717, 1.165) is 12.8 Å². The maximum Gasteiger partial charge on any atom is 0.241 e. The highest BCUT2D eigenvalue weighted by Gasteiger charge is 2.22. The molecule has 0 aliphatic carbocycles. The van der Waals surface area contributed by atoms with E-state index in [1.54, 1.807) is 13.0 Å². The van der Waals surface area contributed by atoms with Crippen LogP contribution in [0.25, 0.3) is 0 Å². The third-order valence-corrected chi connectivity index (χ3v) is 4.94. The minimum Gasteiger partial charge on any atom is -0.493 e. The molecule has 0 aliphatic rings. The molecule has 1 aromatic rings. The fourth-order valence-corrected chi connectivity index (χ4v) is 3.63. The van der Waals surface area contributed by atoms with Crippen LogP contribution in [0.15, 0.2) is 17.0 Å². The average molecular weight is 301 g/mol. The Morgan fingerprint density at radius 1 is 1.10 bits per heavy atom. The van der Waals surface area contributed by atoms with Gasteiger partial charge >= 0.3 is 0 Å². The SMILES string of the molecule is CCC(CC)NS(=O)(=O)c1cc(OC)c(OC)cc1C. The van der Waals surface area contributed by atoms with Crippen molar-refractivity contribution in [3.8, 4) is 11.5 Å². The Balaban J connectivity index is 3.24. The van der Waals surface area contributed by atoms with Gasteiger partial charge in [-0.1, -0.05) is 13.8 Å². The van der Waals surface area contributed by atoms with E-state index in [9.17, 15) is 8.42 Å². The van der Waals surface area contributed by atoms with Gasteiger partial charge in [-0.3, -0.25) is 0 Å². The van der Waals surface area contributed by atoms with Crippen molar-refractivity contribution in [2.75, 3.05) is 14.2 Å². The summed E-state index contributed by atoms with van der Waals surface area (Å²) in [6, 6.07) is 3.10. The third-order valence-electron chi connectivity index (χ3n) is 3.28. The van der Waals surface area contributed by atoms with E-state index < -0.39 is 10.0 Å². The molecule has 0 aliphatic heterocycles. The second-order valence-electron chi connectivity index (χ2n) is 4.61. The van der Waals surface area contributed by atoms with Crippen LogP contribution in [0.5, 0.6) is 11.5 Å². The van der Waals surface area contributed by atoms with E-state index in [4.69, 9.17) is 9.47 Å². The highest BCUT2D eigenvalue weighted by Crippen LogP contribution is 2.32. The molecule has 5 nitrogen and oxygen atoms in total. The molecule has 0 bridgehead atoms. The topological polar surface area (TPSA) is 64.6 Å². The molecule has 0 atom stereocenters. The third kappa shape index (κ3) is 3.64. The Kier molecular flexibility index (Phi) is 5.83. The smallest absolute Gasteiger partial charge is 0.241 e. The molecule has 0 aromatic heterocycles. The highest BCUT2D eigenvalue weighted by atomic mass is 32.2. The van der Waals surface area contributed by atoms with Crippen LogP contribution in [-0.4, -0.2) is 28.7 Å². The molecule has 6 heteroatoms. The molecule has 1 aromatic carbocycles. The second kappa shape index (κ2) is 6.95. The summed E-state index contributed by atoms with van der Waals surface area (Å²) in [5, 5.41) is 0. The first-order valence-corrected chi connectivity index (χ1v) is 8.12. The first kappa shape index (κ1) is 16.8. The van der Waals surface area contributed by atoms with Gasteiger partial charge in [-0.15, -0.1) is 0 Å². The van der Waals surface area contributed by atoms with E-state index in [-0.39, 0.29) is 10.9 Å². The second-order valence-corrected chi connectivity index (χ2v) is 6.29. The Bertz CT molecular complexity index is 551. The number of nitrogens with one attached hydrogen (secondary N) is 1. The fourth-order valence-electron chi connectivity index (χ4n) is 1.99. The molecule has 0 unspecified atom stereocenters. The van der Waals surface area contributed by atoms with Gasteiger partial charge in [0.1, 0.15) is 0 Å². The van der Waals surface area contributed by atoms with Crippen LogP contribution >= 0.6 is 0 Å². The Morgan fingerprint density at radius 2 is 1.60 bits per heavy atom. The van der Waals surface area contributed by atoms with Crippen LogP contribution in [0.4, 0.5) is 0 Å². The minimum absolute atomic E-state index is 0.0625. The summed E-state index contributed by atoms with van der Waals surface area (Å²) < 4.78 is 37.9. The Hall–Kier alpha value is -1.27. The molecule has 0 radical (unpaired) electrons. The van der Waals surface area contributed by atoms with Crippen molar-refractivity contribution in [1.29, 1.82) is 0 Å². The zero-order valence-corrected chi connectivity index (χ0v) is 13.5. The van der Waals surface area contributed by atoms with Crippen molar-refractivity contribution in [1.82, 2.24) is 4.72 Å². The van der Waals surface area contributed by atoms with E-state index in [0.29, 0.717) is 17.1 Å². The molecule has 0 saturated heterocycles. The number of hydrogen-bond donors (Lipinski definition) is 1. The number of aryl methyl sites for hydroxylation is 1. The van der Waals surface area contributed by atoms with Crippen LogP contribution in [0, 0.1) is 6.92 Å². The average Bonchev–Trinajstić information content (AvgIpc) is 2.43. The van der Waals surface area contributed by atoms with Gasteiger partial charge < -0.3 is 9.47 Å². The summed E-state index contributed by atoms with van der Waals surface area (Å²) in [6.45, 7) is 5.65. The number of benzene rings is 1. The van der Waals surface area contributed by atoms with Crippen molar-refractivity contribution < 1.29 is 17.9 Å². The molecule has 114 valence electrons. The monoisotopic (exact) mass is 301 g/mol. The van der Waals surface area contributed by atoms with Gasteiger partial charge in [0.25, 0.3) is 0 Å². The number of methoxy groups -OCH3 is 2. The number of hydrogen-bond acceptors (Lipinski definition) is 4. The molecule has 0 heterocycles. The van der Waals surface area contributed by atoms with E-state index in [1.165, 1.54) is 20.3 Å². The molecule has 0 fully saturated rings. The van der Waals surface area contributed by atoms with Gasteiger partial charge in [-0.05, 0) is 31.4 Å². The van der Waals surface area contributed by atoms with Gasteiger partial charge in [0, 0.05) is 12.1 Å². The quantitative estimate of drug-likeness (QED) is 0.840. The predicted molar refractivity (Wildman–Crippen MR) is 79.0 cm³/mol. The van der Waals surface area contributed by atoms with Gasteiger partial charge in [-0.25, -0.2) is 13.1 Å². The summed E-state index contributed by atoms with van der Waals surface area (Å²) in [6.07, 6.45) is 1.50. The molecule has 1 rings (SSSR count). The summed E-state index contributed by atoms with van der Waals surface area (Å²) in [7, 11) is -0.552. The van der Waals surface area contributed by atoms with Gasteiger partial charge in [0.2, 0.25) is 10.0 Å². The Labute approximate surface area is 121 Å². The van der Waals surface area contributed by atoms with Crippen LogP contribution < -0.4 is 14.2 Å². The molecule has 1 N–H and O–H groups in total.